The van der Waals surface area contributed by atoms with Crippen LogP contribution in [0.1, 0.15) is 36.0 Å². The second-order valence-corrected chi connectivity index (χ2v) is 12.1. The molecule has 0 radical (unpaired) electrons. The van der Waals surface area contributed by atoms with Crippen molar-refractivity contribution in [3.63, 3.8) is 0 Å². The number of amides is 2. The predicted octanol–water partition coefficient (Wildman–Crippen LogP) is 4.49. The number of nitrogens with one attached hydrogen (secondary N) is 1. The van der Waals surface area contributed by atoms with Crippen molar-refractivity contribution in [2.75, 3.05) is 19.6 Å². The third kappa shape index (κ3) is 8.11. The highest BCUT2D eigenvalue weighted by molar-refractivity contribution is 7.89. The van der Waals surface area contributed by atoms with Crippen LogP contribution in [0, 0.1) is 5.82 Å². The summed E-state index contributed by atoms with van der Waals surface area (Å²) in [5.74, 6) is -0.926. The molecule has 1 aliphatic heterocycles. The largest absolute Gasteiger partial charge is 0.351 e. The van der Waals surface area contributed by atoms with Crippen LogP contribution in [-0.4, -0.2) is 55.1 Å². The van der Waals surface area contributed by atoms with Crippen LogP contribution in [0.5, 0.6) is 0 Å². The maximum absolute atomic E-state index is 13.7. The lowest BCUT2D eigenvalue weighted by atomic mass is 10.0. The van der Waals surface area contributed by atoms with Crippen molar-refractivity contribution in [1.82, 2.24) is 14.5 Å². The predicted molar refractivity (Wildman–Crippen MR) is 157 cm³/mol. The van der Waals surface area contributed by atoms with E-state index < -0.39 is 16.1 Å². The SMILES string of the molecule is C=CCNC(=O)[C@@H](Cc1ccccc1)N(Cc1ccc(F)cc1)C(=O)CCc1ccc(S(=O)(=O)N2CCCC2)cc1. The Hall–Kier alpha value is -3.82. The van der Waals surface area contributed by atoms with Crippen molar-refractivity contribution >= 4 is 21.8 Å². The number of carbonyl (C=O) groups excluding carboxylic acids is 2. The van der Waals surface area contributed by atoms with E-state index in [1.807, 2.05) is 30.3 Å². The number of rotatable bonds is 13. The minimum Gasteiger partial charge on any atom is -0.351 e. The maximum atomic E-state index is 13.7. The molecular weight excluding hydrogens is 541 g/mol. The number of aryl methyl sites for hydroxylation is 1. The molecule has 41 heavy (non-hydrogen) atoms. The van der Waals surface area contributed by atoms with Crippen LogP contribution in [0.15, 0.2) is 96.4 Å². The van der Waals surface area contributed by atoms with Crippen molar-refractivity contribution < 1.29 is 22.4 Å². The smallest absolute Gasteiger partial charge is 0.243 e. The Labute approximate surface area is 241 Å². The van der Waals surface area contributed by atoms with Gasteiger partial charge in [-0.3, -0.25) is 9.59 Å². The Morgan fingerprint density at radius 1 is 0.927 bits per heavy atom. The molecule has 1 fully saturated rings. The molecule has 4 rings (SSSR count). The lowest BCUT2D eigenvalue weighted by Gasteiger charge is -2.31. The van der Waals surface area contributed by atoms with Gasteiger partial charge >= 0.3 is 0 Å². The van der Waals surface area contributed by atoms with Gasteiger partial charge < -0.3 is 10.2 Å². The van der Waals surface area contributed by atoms with Crippen molar-refractivity contribution in [1.29, 1.82) is 0 Å². The topological polar surface area (TPSA) is 86.8 Å². The van der Waals surface area contributed by atoms with E-state index in [-0.39, 0.29) is 42.0 Å². The standard InChI is InChI=1S/C32H36FN3O4S/c1-2-20-34-32(38)30(23-26-8-4-3-5-9-26)36(24-27-10-15-28(33)16-11-27)31(37)19-14-25-12-17-29(18-13-25)41(39,40)35-21-6-7-22-35/h2-5,8-13,15-18,30H,1,6-7,14,19-24H2,(H,34,38)/t30-/m1/s1. The van der Waals surface area contributed by atoms with E-state index in [0.717, 1.165) is 24.0 Å². The Morgan fingerprint density at radius 2 is 1.56 bits per heavy atom. The number of sulfonamides is 1. The molecule has 7 nitrogen and oxygen atoms in total. The van der Waals surface area contributed by atoms with E-state index in [1.165, 1.54) is 16.4 Å². The second kappa shape index (κ2) is 14.2. The van der Waals surface area contributed by atoms with Crippen molar-refractivity contribution in [3.05, 3.63) is 114 Å². The molecule has 0 spiro atoms. The molecule has 0 bridgehead atoms. The van der Waals surface area contributed by atoms with E-state index in [4.69, 9.17) is 0 Å². The van der Waals surface area contributed by atoms with Gasteiger partial charge in [-0.15, -0.1) is 6.58 Å². The highest BCUT2D eigenvalue weighted by Gasteiger charge is 2.30. The van der Waals surface area contributed by atoms with Gasteiger partial charge in [-0.2, -0.15) is 4.31 Å². The van der Waals surface area contributed by atoms with E-state index in [2.05, 4.69) is 11.9 Å². The fourth-order valence-corrected chi connectivity index (χ4v) is 6.45. The van der Waals surface area contributed by atoms with E-state index >= 15 is 0 Å². The zero-order chi connectivity index (χ0) is 29.2. The zero-order valence-electron chi connectivity index (χ0n) is 23.0. The summed E-state index contributed by atoms with van der Waals surface area (Å²) in [7, 11) is -3.52. The van der Waals surface area contributed by atoms with E-state index in [1.54, 1.807) is 47.4 Å². The van der Waals surface area contributed by atoms with Gasteiger partial charge in [0.2, 0.25) is 21.8 Å². The summed E-state index contributed by atoms with van der Waals surface area (Å²) >= 11 is 0. The number of carbonyl (C=O) groups is 2. The average molecular weight is 578 g/mol. The molecule has 0 saturated carbocycles. The third-order valence-electron chi connectivity index (χ3n) is 7.21. The van der Waals surface area contributed by atoms with Gasteiger partial charge in [-0.25, -0.2) is 12.8 Å². The van der Waals surface area contributed by atoms with Crippen LogP contribution in [0.3, 0.4) is 0 Å². The van der Waals surface area contributed by atoms with Crippen LogP contribution in [0.4, 0.5) is 4.39 Å². The summed E-state index contributed by atoms with van der Waals surface area (Å²) in [6, 6.07) is 21.2. The van der Waals surface area contributed by atoms with Gasteiger partial charge in [-0.1, -0.05) is 60.7 Å². The summed E-state index contributed by atoms with van der Waals surface area (Å²) in [6.07, 6.45) is 4.10. The van der Waals surface area contributed by atoms with Crippen LogP contribution in [0.2, 0.25) is 0 Å². The summed E-state index contributed by atoms with van der Waals surface area (Å²) in [6.45, 7) is 5.13. The molecule has 0 unspecified atom stereocenters. The third-order valence-corrected chi connectivity index (χ3v) is 9.12. The lowest BCUT2D eigenvalue weighted by molar-refractivity contribution is -0.141. The van der Waals surface area contributed by atoms with Crippen molar-refractivity contribution in [3.8, 4) is 0 Å². The molecule has 1 saturated heterocycles. The molecule has 3 aromatic carbocycles. The molecule has 2 amide bonds. The van der Waals surface area contributed by atoms with Gasteiger partial charge in [0.1, 0.15) is 11.9 Å². The Kier molecular flexibility index (Phi) is 10.4. The summed E-state index contributed by atoms with van der Waals surface area (Å²) in [4.78, 5) is 28.9. The number of halogens is 1. The first kappa shape index (κ1) is 30.1. The number of hydrogen-bond acceptors (Lipinski definition) is 4. The molecule has 0 aliphatic carbocycles. The Morgan fingerprint density at radius 3 is 2.20 bits per heavy atom. The van der Waals surface area contributed by atoms with Crippen LogP contribution in [0.25, 0.3) is 0 Å². The molecular formula is C32H36FN3O4S. The first-order chi connectivity index (χ1) is 19.8. The summed E-state index contributed by atoms with van der Waals surface area (Å²) in [5.41, 5.74) is 2.42. The summed E-state index contributed by atoms with van der Waals surface area (Å²) in [5, 5.41) is 2.83. The van der Waals surface area contributed by atoms with Gasteiger partial charge in [0.05, 0.1) is 4.90 Å². The number of hydrogen-bond donors (Lipinski definition) is 1. The minimum absolute atomic E-state index is 0.111. The normalized spacial score (nSPS) is 14.4. The first-order valence-electron chi connectivity index (χ1n) is 13.8. The fourth-order valence-electron chi connectivity index (χ4n) is 4.93. The van der Waals surface area contributed by atoms with Gasteiger partial charge in [0, 0.05) is 39.0 Å². The summed E-state index contributed by atoms with van der Waals surface area (Å²) < 4.78 is 40.8. The van der Waals surface area contributed by atoms with Gasteiger partial charge in [0.15, 0.2) is 0 Å². The fraction of sp³-hybridized carbons (Fsp3) is 0.312. The Balaban J connectivity index is 1.54. The molecule has 1 N–H and O–H groups in total. The number of nitrogens with zero attached hydrogens (tertiary/aromatic N) is 2. The average Bonchev–Trinajstić information content (AvgIpc) is 3.54. The number of benzene rings is 3. The molecule has 9 heteroatoms. The second-order valence-electron chi connectivity index (χ2n) is 10.1. The molecule has 1 heterocycles. The van der Waals surface area contributed by atoms with Crippen molar-refractivity contribution in [2.24, 2.45) is 0 Å². The minimum atomic E-state index is -3.52. The molecule has 1 atom stereocenters. The Bertz CT molecular complexity index is 1420. The van der Waals surface area contributed by atoms with Crippen LogP contribution < -0.4 is 5.32 Å². The highest BCUT2D eigenvalue weighted by Crippen LogP contribution is 2.22. The lowest BCUT2D eigenvalue weighted by Crippen LogP contribution is -2.50. The van der Waals surface area contributed by atoms with Gasteiger partial charge in [-0.05, 0) is 60.2 Å². The van der Waals surface area contributed by atoms with Crippen LogP contribution in [-0.2, 0) is 39.0 Å². The molecule has 1 aliphatic rings. The van der Waals surface area contributed by atoms with E-state index in [9.17, 15) is 22.4 Å². The molecule has 216 valence electrons. The van der Waals surface area contributed by atoms with Gasteiger partial charge in [0.25, 0.3) is 0 Å². The first-order valence-corrected chi connectivity index (χ1v) is 15.3. The van der Waals surface area contributed by atoms with E-state index in [0.29, 0.717) is 31.5 Å². The van der Waals surface area contributed by atoms with Crippen LogP contribution >= 0.6 is 0 Å². The zero-order valence-corrected chi connectivity index (χ0v) is 23.9. The quantitative estimate of drug-likeness (QED) is 0.304. The monoisotopic (exact) mass is 577 g/mol. The van der Waals surface area contributed by atoms with Crippen molar-refractivity contribution in [2.45, 2.75) is 49.6 Å². The maximum Gasteiger partial charge on any atom is 0.243 e. The highest BCUT2D eigenvalue weighted by atomic mass is 32.2. The molecule has 3 aromatic rings. The molecule has 0 aromatic heterocycles.